The predicted octanol–water partition coefficient (Wildman–Crippen LogP) is 1.19. The molecule has 0 aromatic heterocycles. The van der Waals surface area contributed by atoms with Gasteiger partial charge in [0.1, 0.15) is 0 Å². The second-order valence-electron chi connectivity index (χ2n) is 2.04. The van der Waals surface area contributed by atoms with Crippen molar-refractivity contribution in [3.8, 4) is 0 Å². The minimum absolute atomic E-state index is 0.327. The van der Waals surface area contributed by atoms with Gasteiger partial charge < -0.3 is 9.47 Å². The van der Waals surface area contributed by atoms with E-state index in [-0.39, 0.29) is 0 Å². The Balaban J connectivity index is 2.34. The Hall–Kier alpha value is -1.25. The highest BCUT2D eigenvalue weighted by Gasteiger charge is 2.15. The molecule has 3 nitrogen and oxygen atoms in total. The molecule has 0 unspecified atom stereocenters. The monoisotopic (exact) mass is 137 g/mol. The molecule has 2 aliphatic heterocycles. The maximum atomic E-state index is 5.13. The highest BCUT2D eigenvalue weighted by molar-refractivity contribution is 5.62. The summed E-state index contributed by atoms with van der Waals surface area (Å²) in [6, 6.07) is 0. The van der Waals surface area contributed by atoms with Crippen LogP contribution in [0.1, 0.15) is 6.42 Å². The molecule has 0 saturated carbocycles. The number of allylic oxidation sites excluding steroid dienone is 1. The standard InChI is InChI=1S/C7H7NO2/c1-2-6-7(4-8-3-1)10-5-9-6/h2-4H,1,5H2. The van der Waals surface area contributed by atoms with Crippen LogP contribution in [0.15, 0.2) is 28.8 Å². The lowest BCUT2D eigenvalue weighted by Gasteiger charge is -1.89. The van der Waals surface area contributed by atoms with Crippen molar-refractivity contribution < 1.29 is 9.47 Å². The first kappa shape index (κ1) is 5.53. The lowest BCUT2D eigenvalue weighted by atomic mass is 10.3. The molecule has 0 amide bonds. The molecule has 0 aliphatic carbocycles. The third-order valence-corrected chi connectivity index (χ3v) is 1.38. The minimum Gasteiger partial charge on any atom is -0.454 e. The van der Waals surface area contributed by atoms with Crippen LogP contribution >= 0.6 is 0 Å². The second kappa shape index (κ2) is 2.17. The molecule has 1 fully saturated rings. The van der Waals surface area contributed by atoms with Gasteiger partial charge in [0.15, 0.2) is 11.5 Å². The van der Waals surface area contributed by atoms with Gasteiger partial charge in [-0.25, -0.2) is 0 Å². The SMILES string of the molecule is C1=NC=C2OCOC2=CC1. The molecule has 52 valence electrons. The van der Waals surface area contributed by atoms with Crippen molar-refractivity contribution in [3.63, 3.8) is 0 Å². The summed E-state index contributed by atoms with van der Waals surface area (Å²) < 4.78 is 10.2. The first-order valence-electron chi connectivity index (χ1n) is 3.15. The van der Waals surface area contributed by atoms with E-state index in [2.05, 4.69) is 4.99 Å². The summed E-state index contributed by atoms with van der Waals surface area (Å²) in [7, 11) is 0. The average molecular weight is 137 g/mol. The van der Waals surface area contributed by atoms with Gasteiger partial charge in [-0.1, -0.05) is 0 Å². The van der Waals surface area contributed by atoms with E-state index in [1.165, 1.54) is 0 Å². The molecule has 0 N–H and O–H groups in total. The quantitative estimate of drug-likeness (QED) is 0.502. The summed E-state index contributed by atoms with van der Waals surface area (Å²) in [5, 5.41) is 0. The number of fused-ring (bicyclic) bond motifs is 1. The van der Waals surface area contributed by atoms with E-state index < -0.39 is 0 Å². The van der Waals surface area contributed by atoms with Gasteiger partial charge in [0.25, 0.3) is 0 Å². The summed E-state index contributed by atoms with van der Waals surface area (Å²) in [4.78, 5) is 3.97. The van der Waals surface area contributed by atoms with Crippen molar-refractivity contribution in [1.29, 1.82) is 0 Å². The Bertz CT molecular complexity index is 228. The summed E-state index contributed by atoms with van der Waals surface area (Å²) in [6.45, 7) is 0.327. The first-order chi connectivity index (χ1) is 4.97. The van der Waals surface area contributed by atoms with E-state index in [9.17, 15) is 0 Å². The van der Waals surface area contributed by atoms with E-state index in [0.717, 1.165) is 17.9 Å². The third-order valence-electron chi connectivity index (χ3n) is 1.38. The lowest BCUT2D eigenvalue weighted by Crippen LogP contribution is -1.79. The highest BCUT2D eigenvalue weighted by atomic mass is 16.7. The molecule has 0 spiro atoms. The van der Waals surface area contributed by atoms with E-state index in [4.69, 9.17) is 9.47 Å². The molecule has 2 aliphatic rings. The van der Waals surface area contributed by atoms with Crippen LogP contribution < -0.4 is 0 Å². The molecule has 0 atom stereocenters. The van der Waals surface area contributed by atoms with E-state index in [1.54, 1.807) is 6.20 Å². The zero-order valence-electron chi connectivity index (χ0n) is 5.41. The van der Waals surface area contributed by atoms with Crippen LogP contribution in [0.4, 0.5) is 0 Å². The molecule has 3 heteroatoms. The van der Waals surface area contributed by atoms with Crippen molar-refractivity contribution >= 4 is 6.21 Å². The molecule has 2 heterocycles. The van der Waals surface area contributed by atoms with Crippen molar-refractivity contribution in [2.24, 2.45) is 4.99 Å². The van der Waals surface area contributed by atoms with Crippen LogP contribution in [0, 0.1) is 0 Å². The summed E-state index contributed by atoms with van der Waals surface area (Å²) in [6.07, 6.45) is 6.25. The number of nitrogens with zero attached hydrogens (tertiary/aromatic N) is 1. The number of aliphatic imine (C=N–C) groups is 1. The van der Waals surface area contributed by atoms with Crippen molar-refractivity contribution in [2.45, 2.75) is 6.42 Å². The van der Waals surface area contributed by atoms with Gasteiger partial charge in [0.05, 0.1) is 6.20 Å². The largest absolute Gasteiger partial charge is 0.454 e. The minimum atomic E-state index is 0.327. The van der Waals surface area contributed by atoms with Crippen LogP contribution in [0.25, 0.3) is 0 Å². The Morgan fingerprint density at radius 1 is 1.30 bits per heavy atom. The van der Waals surface area contributed by atoms with Crippen LogP contribution in [-0.4, -0.2) is 13.0 Å². The summed E-state index contributed by atoms with van der Waals surface area (Å²) in [5.41, 5.74) is 0. The fraction of sp³-hybridized carbons (Fsp3) is 0.286. The van der Waals surface area contributed by atoms with Crippen molar-refractivity contribution in [2.75, 3.05) is 6.79 Å². The average Bonchev–Trinajstić information content (AvgIpc) is 2.28. The van der Waals surface area contributed by atoms with E-state index >= 15 is 0 Å². The van der Waals surface area contributed by atoms with Gasteiger partial charge in [-0.2, -0.15) is 0 Å². The molecule has 2 rings (SSSR count). The fourth-order valence-electron chi connectivity index (χ4n) is 0.900. The van der Waals surface area contributed by atoms with Crippen LogP contribution in [0.3, 0.4) is 0 Å². The topological polar surface area (TPSA) is 30.8 Å². The molecule has 1 saturated heterocycles. The number of hydrogen-bond donors (Lipinski definition) is 0. The molecule has 10 heavy (non-hydrogen) atoms. The van der Waals surface area contributed by atoms with Crippen LogP contribution in [0.5, 0.6) is 0 Å². The Kier molecular flexibility index (Phi) is 1.20. The first-order valence-corrected chi connectivity index (χ1v) is 3.15. The summed E-state index contributed by atoms with van der Waals surface area (Å²) >= 11 is 0. The van der Waals surface area contributed by atoms with Crippen molar-refractivity contribution in [3.05, 3.63) is 23.8 Å². The van der Waals surface area contributed by atoms with Crippen molar-refractivity contribution in [1.82, 2.24) is 0 Å². The van der Waals surface area contributed by atoms with Gasteiger partial charge >= 0.3 is 0 Å². The zero-order valence-corrected chi connectivity index (χ0v) is 5.41. The maximum absolute atomic E-state index is 5.13. The molecular weight excluding hydrogens is 130 g/mol. The Morgan fingerprint density at radius 3 is 3.20 bits per heavy atom. The molecule has 0 bridgehead atoms. The van der Waals surface area contributed by atoms with Gasteiger partial charge in [0.2, 0.25) is 6.79 Å². The zero-order chi connectivity index (χ0) is 6.81. The van der Waals surface area contributed by atoms with Crippen LogP contribution in [-0.2, 0) is 9.47 Å². The smallest absolute Gasteiger partial charge is 0.231 e. The molecule has 0 aromatic rings. The van der Waals surface area contributed by atoms with Crippen LogP contribution in [0.2, 0.25) is 0 Å². The van der Waals surface area contributed by atoms with Gasteiger partial charge in [-0.05, 0) is 6.08 Å². The number of ether oxygens (including phenoxy) is 2. The van der Waals surface area contributed by atoms with E-state index in [1.807, 2.05) is 12.3 Å². The summed E-state index contributed by atoms with van der Waals surface area (Å²) in [5.74, 6) is 1.56. The second-order valence-corrected chi connectivity index (χ2v) is 2.04. The van der Waals surface area contributed by atoms with Gasteiger partial charge in [-0.15, -0.1) is 0 Å². The van der Waals surface area contributed by atoms with Gasteiger partial charge in [0, 0.05) is 12.6 Å². The Labute approximate surface area is 58.7 Å². The fourth-order valence-corrected chi connectivity index (χ4v) is 0.900. The maximum Gasteiger partial charge on any atom is 0.231 e. The predicted molar refractivity (Wildman–Crippen MR) is 36.3 cm³/mol. The molecule has 0 aromatic carbocycles. The van der Waals surface area contributed by atoms with E-state index in [0.29, 0.717) is 6.79 Å². The van der Waals surface area contributed by atoms with Gasteiger partial charge in [-0.3, -0.25) is 4.99 Å². The normalized spacial score (nSPS) is 21.6. The molecular formula is C7H7NO2. The third kappa shape index (κ3) is 0.795. The lowest BCUT2D eigenvalue weighted by molar-refractivity contribution is 0.0973. The number of rotatable bonds is 0. The highest BCUT2D eigenvalue weighted by Crippen LogP contribution is 2.22. The Morgan fingerprint density at radius 2 is 2.20 bits per heavy atom. The molecule has 0 radical (unpaired) electrons. The number of hydrogen-bond acceptors (Lipinski definition) is 3.